The molecule has 6 nitrogen and oxygen atoms in total. The standard InChI is InChI=1S/C13H16FNO5S/c1-13(2)8-15(5-6-20-13)21(18,19)11-7-9(14)3-4-10(11)12(16)17/h3-4,7H,5-6,8H2,1-2H3,(H,16,17). The molecule has 1 aromatic rings. The van der Waals surface area contributed by atoms with Crippen LogP contribution in [0.15, 0.2) is 23.1 Å². The van der Waals surface area contributed by atoms with Crippen molar-refractivity contribution >= 4 is 16.0 Å². The molecule has 1 N–H and O–H groups in total. The van der Waals surface area contributed by atoms with Crippen molar-refractivity contribution in [3.63, 3.8) is 0 Å². The number of hydrogen-bond acceptors (Lipinski definition) is 4. The van der Waals surface area contributed by atoms with Crippen LogP contribution in [0, 0.1) is 5.82 Å². The predicted octanol–water partition coefficient (Wildman–Crippen LogP) is 1.32. The van der Waals surface area contributed by atoms with E-state index in [4.69, 9.17) is 9.84 Å². The summed E-state index contributed by atoms with van der Waals surface area (Å²) >= 11 is 0. The number of aromatic carboxylic acids is 1. The van der Waals surface area contributed by atoms with Crippen molar-refractivity contribution in [2.24, 2.45) is 0 Å². The lowest BCUT2D eigenvalue weighted by molar-refractivity contribution is -0.0640. The summed E-state index contributed by atoms with van der Waals surface area (Å²) < 4.78 is 45.1. The highest BCUT2D eigenvalue weighted by molar-refractivity contribution is 7.89. The van der Waals surface area contributed by atoms with Gasteiger partial charge >= 0.3 is 5.97 Å². The number of carboxylic acid groups (broad SMARTS) is 1. The number of ether oxygens (including phenoxy) is 1. The van der Waals surface area contributed by atoms with Gasteiger partial charge in [-0.3, -0.25) is 0 Å². The Hall–Kier alpha value is -1.51. The van der Waals surface area contributed by atoms with Crippen molar-refractivity contribution in [2.45, 2.75) is 24.3 Å². The summed E-state index contributed by atoms with van der Waals surface area (Å²) in [5.41, 5.74) is -1.12. The van der Waals surface area contributed by atoms with Crippen molar-refractivity contribution < 1.29 is 27.4 Å². The summed E-state index contributed by atoms with van der Waals surface area (Å²) in [5.74, 6) is -2.22. The van der Waals surface area contributed by atoms with E-state index in [1.165, 1.54) is 0 Å². The van der Waals surface area contributed by atoms with Crippen LogP contribution in [0.5, 0.6) is 0 Å². The Morgan fingerprint density at radius 2 is 2.10 bits per heavy atom. The summed E-state index contributed by atoms with van der Waals surface area (Å²) in [5, 5.41) is 9.09. The van der Waals surface area contributed by atoms with E-state index in [2.05, 4.69) is 0 Å². The summed E-state index contributed by atoms with van der Waals surface area (Å²) in [6.45, 7) is 3.84. The van der Waals surface area contributed by atoms with Crippen LogP contribution < -0.4 is 0 Å². The molecule has 21 heavy (non-hydrogen) atoms. The lowest BCUT2D eigenvalue weighted by Gasteiger charge is -2.37. The van der Waals surface area contributed by atoms with Gasteiger partial charge in [-0.25, -0.2) is 17.6 Å². The second-order valence-corrected chi connectivity index (χ2v) is 7.30. The average Bonchev–Trinajstić information content (AvgIpc) is 2.37. The number of morpholine rings is 1. The van der Waals surface area contributed by atoms with Crippen LogP contribution in [0.25, 0.3) is 0 Å². The summed E-state index contributed by atoms with van der Waals surface area (Å²) in [6, 6.07) is 2.61. The molecular weight excluding hydrogens is 301 g/mol. The number of halogens is 1. The highest BCUT2D eigenvalue weighted by atomic mass is 32.2. The van der Waals surface area contributed by atoms with Gasteiger partial charge in [-0.2, -0.15) is 4.31 Å². The van der Waals surface area contributed by atoms with Gasteiger partial charge in [0.05, 0.1) is 22.7 Å². The Bertz CT molecular complexity index is 671. The van der Waals surface area contributed by atoms with Gasteiger partial charge in [0.1, 0.15) is 5.82 Å². The van der Waals surface area contributed by atoms with E-state index in [-0.39, 0.29) is 19.7 Å². The fourth-order valence-electron chi connectivity index (χ4n) is 2.20. The van der Waals surface area contributed by atoms with Gasteiger partial charge < -0.3 is 9.84 Å². The normalized spacial score (nSPS) is 19.4. The first kappa shape index (κ1) is 15.9. The molecule has 0 bridgehead atoms. The first-order chi connectivity index (χ1) is 9.63. The molecule has 0 spiro atoms. The number of nitrogens with zero attached hydrogens (tertiary/aromatic N) is 1. The molecule has 0 unspecified atom stereocenters. The Balaban J connectivity index is 2.49. The van der Waals surface area contributed by atoms with Crippen LogP contribution in [-0.2, 0) is 14.8 Å². The van der Waals surface area contributed by atoms with Gasteiger partial charge in [-0.15, -0.1) is 0 Å². The molecule has 116 valence electrons. The molecule has 1 aromatic carbocycles. The van der Waals surface area contributed by atoms with Crippen molar-refractivity contribution in [3.8, 4) is 0 Å². The van der Waals surface area contributed by atoms with Crippen molar-refractivity contribution in [1.29, 1.82) is 0 Å². The van der Waals surface area contributed by atoms with E-state index in [0.29, 0.717) is 0 Å². The van der Waals surface area contributed by atoms with Crippen LogP contribution in [0.4, 0.5) is 4.39 Å². The minimum absolute atomic E-state index is 0.0743. The average molecular weight is 317 g/mol. The van der Waals surface area contributed by atoms with E-state index in [1.54, 1.807) is 13.8 Å². The van der Waals surface area contributed by atoms with Gasteiger partial charge in [-0.1, -0.05) is 0 Å². The smallest absolute Gasteiger partial charge is 0.337 e. The van der Waals surface area contributed by atoms with E-state index >= 15 is 0 Å². The largest absolute Gasteiger partial charge is 0.478 e. The molecule has 0 saturated carbocycles. The SMILES string of the molecule is CC1(C)CN(S(=O)(=O)c2cc(F)ccc2C(=O)O)CCO1. The third-order valence-electron chi connectivity index (χ3n) is 3.18. The number of sulfonamides is 1. The highest BCUT2D eigenvalue weighted by Crippen LogP contribution is 2.26. The molecule has 1 heterocycles. The Labute approximate surface area is 122 Å². The maximum atomic E-state index is 13.4. The van der Waals surface area contributed by atoms with Crippen LogP contribution in [-0.4, -0.2) is 49.1 Å². The molecule has 0 atom stereocenters. The van der Waals surface area contributed by atoms with Crippen molar-refractivity contribution in [1.82, 2.24) is 4.31 Å². The molecule has 0 amide bonds. The van der Waals surface area contributed by atoms with E-state index in [0.717, 1.165) is 22.5 Å². The lowest BCUT2D eigenvalue weighted by Crippen LogP contribution is -2.50. The molecule has 2 rings (SSSR count). The van der Waals surface area contributed by atoms with Gasteiger partial charge in [-0.05, 0) is 32.0 Å². The molecular formula is C13H16FNO5S. The number of carbonyl (C=O) groups is 1. The lowest BCUT2D eigenvalue weighted by atomic mass is 10.1. The quantitative estimate of drug-likeness (QED) is 0.909. The third-order valence-corrected chi connectivity index (χ3v) is 5.07. The zero-order valence-corrected chi connectivity index (χ0v) is 12.5. The zero-order chi connectivity index (χ0) is 15.8. The maximum Gasteiger partial charge on any atom is 0.337 e. The number of hydrogen-bond donors (Lipinski definition) is 1. The Kier molecular flexibility index (Phi) is 4.05. The van der Waals surface area contributed by atoms with E-state index in [9.17, 15) is 17.6 Å². The minimum atomic E-state index is -4.10. The van der Waals surface area contributed by atoms with Crippen LogP contribution >= 0.6 is 0 Å². The van der Waals surface area contributed by atoms with E-state index in [1.807, 2.05) is 0 Å². The van der Waals surface area contributed by atoms with E-state index < -0.39 is 37.9 Å². The number of rotatable bonds is 3. The fraction of sp³-hybridized carbons (Fsp3) is 0.462. The monoisotopic (exact) mass is 317 g/mol. The van der Waals surface area contributed by atoms with Gasteiger partial charge in [0, 0.05) is 13.1 Å². The molecule has 1 saturated heterocycles. The topological polar surface area (TPSA) is 83.9 Å². The first-order valence-corrected chi connectivity index (χ1v) is 7.74. The molecule has 1 aliphatic heterocycles. The molecule has 0 aliphatic carbocycles. The second kappa shape index (κ2) is 5.36. The maximum absolute atomic E-state index is 13.4. The van der Waals surface area contributed by atoms with Crippen molar-refractivity contribution in [2.75, 3.05) is 19.7 Å². The third kappa shape index (κ3) is 3.22. The molecule has 0 aromatic heterocycles. The Morgan fingerprint density at radius 3 is 2.67 bits per heavy atom. The molecule has 0 radical (unpaired) electrons. The van der Waals surface area contributed by atoms with Crippen LogP contribution in [0.1, 0.15) is 24.2 Å². The van der Waals surface area contributed by atoms with Gasteiger partial charge in [0.15, 0.2) is 0 Å². The zero-order valence-electron chi connectivity index (χ0n) is 11.7. The van der Waals surface area contributed by atoms with Crippen LogP contribution in [0.3, 0.4) is 0 Å². The summed E-state index contributed by atoms with van der Waals surface area (Å²) in [6.07, 6.45) is 0. The van der Waals surface area contributed by atoms with Crippen LogP contribution in [0.2, 0.25) is 0 Å². The highest BCUT2D eigenvalue weighted by Gasteiger charge is 2.36. The molecule has 8 heteroatoms. The molecule has 1 aliphatic rings. The minimum Gasteiger partial charge on any atom is -0.478 e. The Morgan fingerprint density at radius 1 is 1.43 bits per heavy atom. The van der Waals surface area contributed by atoms with Gasteiger partial charge in [0.2, 0.25) is 10.0 Å². The number of benzene rings is 1. The number of carboxylic acids is 1. The fourth-order valence-corrected chi connectivity index (χ4v) is 3.97. The molecule has 1 fully saturated rings. The van der Waals surface area contributed by atoms with Crippen molar-refractivity contribution in [3.05, 3.63) is 29.6 Å². The van der Waals surface area contributed by atoms with Gasteiger partial charge in [0.25, 0.3) is 0 Å². The summed E-state index contributed by atoms with van der Waals surface area (Å²) in [7, 11) is -4.10. The first-order valence-electron chi connectivity index (χ1n) is 6.30. The predicted molar refractivity (Wildman–Crippen MR) is 72.1 cm³/mol. The summed E-state index contributed by atoms with van der Waals surface area (Å²) in [4.78, 5) is 10.6. The second-order valence-electron chi connectivity index (χ2n) is 5.39.